The van der Waals surface area contributed by atoms with Gasteiger partial charge in [0.15, 0.2) is 0 Å². The minimum absolute atomic E-state index is 0.0306. The van der Waals surface area contributed by atoms with Crippen molar-refractivity contribution in [2.75, 3.05) is 11.9 Å². The zero-order valence-corrected chi connectivity index (χ0v) is 13.4. The minimum atomic E-state index is -0.131. The average molecular weight is 320 g/mol. The number of nitrogens with one attached hydrogen (secondary N) is 1. The van der Waals surface area contributed by atoms with E-state index in [4.69, 9.17) is 16.1 Å². The second-order valence-electron chi connectivity index (χ2n) is 5.60. The van der Waals surface area contributed by atoms with E-state index in [-0.39, 0.29) is 12.1 Å². The molecule has 1 saturated heterocycles. The SMILES string of the molecule is Cc1cc([C@H]2CCCN2C(=O)Nc2cc(Cl)ccc2C)no1. The Balaban J connectivity index is 1.77. The molecule has 2 heterocycles. The quantitative estimate of drug-likeness (QED) is 0.897. The highest BCUT2D eigenvalue weighted by Crippen LogP contribution is 2.32. The lowest BCUT2D eigenvalue weighted by Crippen LogP contribution is -2.34. The van der Waals surface area contributed by atoms with Gasteiger partial charge in [-0.15, -0.1) is 0 Å². The molecule has 5 nitrogen and oxygen atoms in total. The Hall–Kier alpha value is -2.01. The highest BCUT2D eigenvalue weighted by Gasteiger charge is 2.32. The zero-order chi connectivity index (χ0) is 15.7. The van der Waals surface area contributed by atoms with E-state index in [9.17, 15) is 4.79 Å². The summed E-state index contributed by atoms with van der Waals surface area (Å²) in [7, 11) is 0. The Morgan fingerprint density at radius 3 is 2.95 bits per heavy atom. The second-order valence-corrected chi connectivity index (χ2v) is 6.04. The summed E-state index contributed by atoms with van der Waals surface area (Å²) in [6.07, 6.45) is 1.85. The number of rotatable bonds is 2. The molecule has 1 aliphatic heterocycles. The summed E-state index contributed by atoms with van der Waals surface area (Å²) < 4.78 is 5.13. The molecule has 0 unspecified atom stereocenters. The molecule has 116 valence electrons. The van der Waals surface area contributed by atoms with Crippen molar-refractivity contribution in [1.82, 2.24) is 10.1 Å². The molecular formula is C16H18ClN3O2. The number of urea groups is 1. The molecule has 0 radical (unpaired) electrons. The smallest absolute Gasteiger partial charge is 0.322 e. The van der Waals surface area contributed by atoms with Crippen LogP contribution in [0.5, 0.6) is 0 Å². The third-order valence-electron chi connectivity index (χ3n) is 3.94. The van der Waals surface area contributed by atoms with E-state index in [0.29, 0.717) is 11.6 Å². The van der Waals surface area contributed by atoms with Gasteiger partial charge in [0, 0.05) is 23.3 Å². The van der Waals surface area contributed by atoms with E-state index < -0.39 is 0 Å². The van der Waals surface area contributed by atoms with Crippen LogP contribution < -0.4 is 5.32 Å². The van der Waals surface area contributed by atoms with Crippen LogP contribution in [0, 0.1) is 13.8 Å². The van der Waals surface area contributed by atoms with Gasteiger partial charge in [-0.1, -0.05) is 22.8 Å². The Morgan fingerprint density at radius 2 is 2.23 bits per heavy atom. The molecular weight excluding hydrogens is 302 g/mol. The van der Waals surface area contributed by atoms with E-state index >= 15 is 0 Å². The highest BCUT2D eigenvalue weighted by molar-refractivity contribution is 6.31. The van der Waals surface area contributed by atoms with Crippen LogP contribution in [0.25, 0.3) is 0 Å². The maximum absolute atomic E-state index is 12.6. The van der Waals surface area contributed by atoms with Gasteiger partial charge >= 0.3 is 6.03 Å². The molecule has 3 rings (SSSR count). The van der Waals surface area contributed by atoms with Gasteiger partial charge in [-0.05, 0) is 44.4 Å². The van der Waals surface area contributed by atoms with Crippen molar-refractivity contribution in [3.63, 3.8) is 0 Å². The number of amides is 2. The van der Waals surface area contributed by atoms with E-state index in [1.54, 1.807) is 11.0 Å². The molecule has 2 amide bonds. The fraction of sp³-hybridized carbons (Fsp3) is 0.375. The summed E-state index contributed by atoms with van der Waals surface area (Å²) in [6.45, 7) is 4.50. The molecule has 1 aromatic carbocycles. The first kappa shape index (κ1) is 14.9. The van der Waals surface area contributed by atoms with Gasteiger partial charge in [0.05, 0.1) is 6.04 Å². The number of aromatic nitrogens is 1. The number of carbonyl (C=O) groups excluding carboxylic acids is 1. The maximum atomic E-state index is 12.6. The first-order chi connectivity index (χ1) is 10.5. The molecule has 1 atom stereocenters. The molecule has 1 aromatic heterocycles. The number of aryl methyl sites for hydroxylation is 2. The van der Waals surface area contributed by atoms with E-state index in [0.717, 1.165) is 35.5 Å². The molecule has 0 bridgehead atoms. The second kappa shape index (κ2) is 6.01. The van der Waals surface area contributed by atoms with Crippen LogP contribution in [0.3, 0.4) is 0 Å². The van der Waals surface area contributed by atoms with Crippen LogP contribution in [0.15, 0.2) is 28.8 Å². The summed E-state index contributed by atoms with van der Waals surface area (Å²) in [5.74, 6) is 0.757. The molecule has 0 aliphatic carbocycles. The third-order valence-corrected chi connectivity index (χ3v) is 4.18. The van der Waals surface area contributed by atoms with Gasteiger partial charge in [-0.25, -0.2) is 4.79 Å². The third kappa shape index (κ3) is 2.95. The summed E-state index contributed by atoms with van der Waals surface area (Å²) in [4.78, 5) is 14.4. The fourth-order valence-corrected chi connectivity index (χ4v) is 2.95. The summed E-state index contributed by atoms with van der Waals surface area (Å²) in [6, 6.07) is 7.19. The molecule has 22 heavy (non-hydrogen) atoms. The Morgan fingerprint density at radius 1 is 1.41 bits per heavy atom. The first-order valence-corrected chi connectivity index (χ1v) is 7.69. The normalized spacial score (nSPS) is 17.8. The highest BCUT2D eigenvalue weighted by atomic mass is 35.5. The molecule has 1 fully saturated rings. The molecule has 0 saturated carbocycles. The molecule has 0 spiro atoms. The number of hydrogen-bond donors (Lipinski definition) is 1. The number of carbonyl (C=O) groups is 1. The van der Waals surface area contributed by atoms with Crippen LogP contribution in [0.1, 0.15) is 35.9 Å². The Kier molecular flexibility index (Phi) is 4.07. The van der Waals surface area contributed by atoms with Crippen LogP contribution >= 0.6 is 11.6 Å². The van der Waals surface area contributed by atoms with Crippen LogP contribution in [0.2, 0.25) is 5.02 Å². The monoisotopic (exact) mass is 319 g/mol. The van der Waals surface area contributed by atoms with E-state index in [2.05, 4.69) is 10.5 Å². The number of hydrogen-bond acceptors (Lipinski definition) is 3. The van der Waals surface area contributed by atoms with E-state index in [1.807, 2.05) is 32.0 Å². The summed E-state index contributed by atoms with van der Waals surface area (Å²) in [5, 5.41) is 7.60. The largest absolute Gasteiger partial charge is 0.361 e. The standard InChI is InChI=1S/C16H18ClN3O2/c1-10-5-6-12(17)9-13(10)18-16(21)20-7-3-4-15(20)14-8-11(2)22-19-14/h5-6,8-9,15H,3-4,7H2,1-2H3,(H,18,21)/t15-/m1/s1. The van der Waals surface area contributed by atoms with Crippen LogP contribution in [0.4, 0.5) is 10.5 Å². The number of nitrogens with zero attached hydrogens (tertiary/aromatic N) is 2. The van der Waals surface area contributed by atoms with Gasteiger partial charge < -0.3 is 14.7 Å². The molecule has 1 N–H and O–H groups in total. The zero-order valence-electron chi connectivity index (χ0n) is 12.6. The predicted octanol–water partition coefficient (Wildman–Crippen LogP) is 4.31. The average Bonchev–Trinajstić information content (AvgIpc) is 3.11. The van der Waals surface area contributed by atoms with Crippen molar-refractivity contribution in [3.8, 4) is 0 Å². The lowest BCUT2D eigenvalue weighted by Gasteiger charge is -2.23. The Labute approximate surface area is 134 Å². The predicted molar refractivity (Wildman–Crippen MR) is 85.1 cm³/mol. The number of likely N-dealkylation sites (tertiary alicyclic amines) is 1. The molecule has 2 aromatic rings. The van der Waals surface area contributed by atoms with Crippen molar-refractivity contribution in [2.45, 2.75) is 32.7 Å². The number of anilines is 1. The molecule has 1 aliphatic rings. The summed E-state index contributed by atoms with van der Waals surface area (Å²) in [5.41, 5.74) is 2.53. The maximum Gasteiger partial charge on any atom is 0.322 e. The van der Waals surface area contributed by atoms with Gasteiger partial charge in [-0.2, -0.15) is 0 Å². The lowest BCUT2D eigenvalue weighted by atomic mass is 10.1. The van der Waals surface area contributed by atoms with Gasteiger partial charge in [0.25, 0.3) is 0 Å². The first-order valence-electron chi connectivity index (χ1n) is 7.31. The number of halogens is 1. The van der Waals surface area contributed by atoms with Crippen molar-refractivity contribution < 1.29 is 9.32 Å². The topological polar surface area (TPSA) is 58.4 Å². The molecule has 6 heteroatoms. The van der Waals surface area contributed by atoms with Crippen LogP contribution in [-0.4, -0.2) is 22.6 Å². The Bertz CT molecular complexity index is 698. The van der Waals surface area contributed by atoms with E-state index in [1.165, 1.54) is 0 Å². The van der Waals surface area contributed by atoms with Crippen molar-refractivity contribution in [3.05, 3.63) is 46.3 Å². The van der Waals surface area contributed by atoms with Crippen molar-refractivity contribution >= 4 is 23.3 Å². The van der Waals surface area contributed by atoms with Gasteiger partial charge in [-0.3, -0.25) is 0 Å². The van der Waals surface area contributed by atoms with Gasteiger partial charge in [0.1, 0.15) is 11.5 Å². The number of benzene rings is 1. The van der Waals surface area contributed by atoms with Crippen LogP contribution in [-0.2, 0) is 0 Å². The minimum Gasteiger partial charge on any atom is -0.361 e. The summed E-state index contributed by atoms with van der Waals surface area (Å²) >= 11 is 6.00. The lowest BCUT2D eigenvalue weighted by molar-refractivity contribution is 0.204. The fourth-order valence-electron chi connectivity index (χ4n) is 2.78. The van der Waals surface area contributed by atoms with Crippen molar-refractivity contribution in [2.24, 2.45) is 0 Å². The van der Waals surface area contributed by atoms with Crippen molar-refractivity contribution in [1.29, 1.82) is 0 Å². The van der Waals surface area contributed by atoms with Gasteiger partial charge in [0.2, 0.25) is 0 Å².